The van der Waals surface area contributed by atoms with Crippen LogP contribution < -0.4 is 5.73 Å². The molecule has 18 heavy (non-hydrogen) atoms. The van der Waals surface area contributed by atoms with Gasteiger partial charge in [-0.05, 0) is 18.6 Å². The summed E-state index contributed by atoms with van der Waals surface area (Å²) in [7, 11) is 0. The van der Waals surface area contributed by atoms with Crippen molar-refractivity contribution in [3.63, 3.8) is 0 Å². The Balaban J connectivity index is 1.83. The van der Waals surface area contributed by atoms with Crippen LogP contribution in [0, 0.1) is 0 Å². The highest BCUT2D eigenvalue weighted by Gasteiger charge is 2.20. The number of anilines is 1. The highest BCUT2D eigenvalue weighted by atomic mass is 16.1. The van der Waals surface area contributed by atoms with Gasteiger partial charge in [0, 0.05) is 38.9 Å². The fourth-order valence-electron chi connectivity index (χ4n) is 2.20. The Hall–Kier alpha value is -1.46. The van der Waals surface area contributed by atoms with Gasteiger partial charge in [0.15, 0.2) is 0 Å². The average Bonchev–Trinajstić information content (AvgIpc) is 2.41. The number of aromatic nitrogens is 1. The molecule has 1 atom stereocenters. The van der Waals surface area contributed by atoms with E-state index >= 15 is 0 Å². The molecule has 1 aromatic heterocycles. The summed E-state index contributed by atoms with van der Waals surface area (Å²) in [6, 6.07) is 3.88. The molecular formula is C13H20N4O. The summed E-state index contributed by atoms with van der Waals surface area (Å²) >= 11 is 0. The van der Waals surface area contributed by atoms with Crippen molar-refractivity contribution in [1.82, 2.24) is 14.8 Å². The van der Waals surface area contributed by atoms with Crippen molar-refractivity contribution < 1.29 is 4.79 Å². The van der Waals surface area contributed by atoms with Crippen LogP contribution in [0.1, 0.15) is 12.5 Å². The fraction of sp³-hybridized carbons (Fsp3) is 0.538. The first-order valence-corrected chi connectivity index (χ1v) is 6.31. The van der Waals surface area contributed by atoms with Crippen LogP contribution in [0.15, 0.2) is 18.3 Å². The summed E-state index contributed by atoms with van der Waals surface area (Å²) < 4.78 is 0. The average molecular weight is 248 g/mol. The molecule has 2 N–H and O–H groups in total. The molecule has 1 unspecified atom stereocenters. The van der Waals surface area contributed by atoms with Crippen LogP contribution in [0.4, 0.5) is 5.82 Å². The third-order valence-electron chi connectivity index (χ3n) is 3.43. The molecule has 5 heteroatoms. The third kappa shape index (κ3) is 3.27. The maximum atomic E-state index is 10.7. The molecule has 2 rings (SSSR count). The summed E-state index contributed by atoms with van der Waals surface area (Å²) in [4.78, 5) is 19.4. The minimum Gasteiger partial charge on any atom is -0.384 e. The van der Waals surface area contributed by atoms with Crippen molar-refractivity contribution in [2.24, 2.45) is 0 Å². The molecule has 0 radical (unpaired) electrons. The lowest BCUT2D eigenvalue weighted by atomic mass is 10.2. The van der Waals surface area contributed by atoms with Gasteiger partial charge in [0.2, 0.25) is 0 Å². The molecule has 1 aliphatic rings. The Labute approximate surface area is 108 Å². The number of hydrogen-bond donors (Lipinski definition) is 1. The Morgan fingerprint density at radius 1 is 1.39 bits per heavy atom. The number of aldehydes is 1. The van der Waals surface area contributed by atoms with E-state index in [1.807, 2.05) is 25.3 Å². The Morgan fingerprint density at radius 2 is 2.11 bits per heavy atom. The zero-order valence-electron chi connectivity index (χ0n) is 10.7. The predicted octanol–water partition coefficient (Wildman–Crippen LogP) is 0.369. The number of piperazine rings is 1. The van der Waals surface area contributed by atoms with Gasteiger partial charge in [-0.25, -0.2) is 4.98 Å². The summed E-state index contributed by atoms with van der Waals surface area (Å²) in [5.41, 5.74) is 6.74. The molecule has 1 saturated heterocycles. The van der Waals surface area contributed by atoms with Gasteiger partial charge in [-0.15, -0.1) is 0 Å². The number of nitrogens with zero attached hydrogens (tertiary/aromatic N) is 3. The van der Waals surface area contributed by atoms with E-state index in [9.17, 15) is 4.79 Å². The zero-order chi connectivity index (χ0) is 13.0. The van der Waals surface area contributed by atoms with E-state index < -0.39 is 0 Å². The lowest BCUT2D eigenvalue weighted by Gasteiger charge is -2.36. The first kappa shape index (κ1) is 13.0. The molecule has 0 spiro atoms. The summed E-state index contributed by atoms with van der Waals surface area (Å²) in [6.45, 7) is 6.72. The van der Waals surface area contributed by atoms with Crippen molar-refractivity contribution in [3.05, 3.63) is 23.9 Å². The molecule has 5 nitrogen and oxygen atoms in total. The topological polar surface area (TPSA) is 62.5 Å². The second kappa shape index (κ2) is 5.93. The fourth-order valence-corrected chi connectivity index (χ4v) is 2.20. The van der Waals surface area contributed by atoms with Crippen molar-refractivity contribution in [2.75, 3.05) is 31.9 Å². The number of nitrogen functional groups attached to an aromatic ring is 1. The number of carbonyl (C=O) groups is 1. The van der Waals surface area contributed by atoms with Gasteiger partial charge >= 0.3 is 0 Å². The van der Waals surface area contributed by atoms with Gasteiger partial charge < -0.3 is 10.5 Å². The minimum absolute atomic E-state index is 0.0327. The van der Waals surface area contributed by atoms with E-state index in [0.717, 1.165) is 39.0 Å². The summed E-state index contributed by atoms with van der Waals surface area (Å²) in [6.07, 6.45) is 2.84. The van der Waals surface area contributed by atoms with Crippen LogP contribution in [0.3, 0.4) is 0 Å². The molecule has 0 saturated carbocycles. The molecular weight excluding hydrogens is 228 g/mol. The first-order chi connectivity index (χ1) is 8.69. The largest absolute Gasteiger partial charge is 0.384 e. The van der Waals surface area contributed by atoms with Crippen molar-refractivity contribution >= 4 is 12.1 Å². The number of nitrogens with two attached hydrogens (primary N) is 1. The smallest absolute Gasteiger partial charge is 0.136 e. The van der Waals surface area contributed by atoms with Crippen LogP contribution in [0.25, 0.3) is 0 Å². The number of rotatable bonds is 4. The van der Waals surface area contributed by atoms with E-state index in [2.05, 4.69) is 14.8 Å². The Bertz CT molecular complexity index is 384. The SMILES string of the molecule is CC(C=O)N1CCN(Cc2ccc(N)nc2)CC1. The highest BCUT2D eigenvalue weighted by Crippen LogP contribution is 2.10. The minimum atomic E-state index is 0.0327. The van der Waals surface area contributed by atoms with E-state index in [0.29, 0.717) is 5.82 Å². The predicted molar refractivity (Wildman–Crippen MR) is 71.0 cm³/mol. The van der Waals surface area contributed by atoms with Gasteiger partial charge in [-0.2, -0.15) is 0 Å². The molecule has 1 aromatic rings. The summed E-state index contributed by atoms with van der Waals surface area (Å²) in [5.74, 6) is 0.559. The molecule has 0 aliphatic carbocycles. The monoisotopic (exact) mass is 248 g/mol. The van der Waals surface area contributed by atoms with Gasteiger partial charge in [0.25, 0.3) is 0 Å². The number of carbonyl (C=O) groups excluding carboxylic acids is 1. The lowest BCUT2D eigenvalue weighted by molar-refractivity contribution is -0.112. The van der Waals surface area contributed by atoms with Crippen LogP contribution >= 0.6 is 0 Å². The molecule has 2 heterocycles. The van der Waals surface area contributed by atoms with Crippen LogP contribution in [0.5, 0.6) is 0 Å². The summed E-state index contributed by atoms with van der Waals surface area (Å²) in [5, 5.41) is 0. The van der Waals surface area contributed by atoms with E-state index in [-0.39, 0.29) is 6.04 Å². The van der Waals surface area contributed by atoms with Crippen LogP contribution in [-0.2, 0) is 11.3 Å². The van der Waals surface area contributed by atoms with E-state index in [1.54, 1.807) is 0 Å². The van der Waals surface area contributed by atoms with Crippen LogP contribution in [0.2, 0.25) is 0 Å². The highest BCUT2D eigenvalue weighted by molar-refractivity contribution is 5.56. The Kier molecular flexibility index (Phi) is 4.28. The number of pyridine rings is 1. The van der Waals surface area contributed by atoms with Crippen molar-refractivity contribution in [3.8, 4) is 0 Å². The number of hydrogen-bond acceptors (Lipinski definition) is 5. The van der Waals surface area contributed by atoms with Crippen molar-refractivity contribution in [1.29, 1.82) is 0 Å². The second-order valence-corrected chi connectivity index (χ2v) is 4.78. The zero-order valence-corrected chi connectivity index (χ0v) is 10.7. The molecule has 0 bridgehead atoms. The van der Waals surface area contributed by atoms with Gasteiger partial charge in [0.1, 0.15) is 12.1 Å². The molecule has 1 aliphatic heterocycles. The third-order valence-corrected chi connectivity index (χ3v) is 3.43. The molecule has 1 fully saturated rings. The quantitative estimate of drug-likeness (QED) is 0.780. The maximum absolute atomic E-state index is 10.7. The van der Waals surface area contributed by atoms with Gasteiger partial charge in [-0.3, -0.25) is 9.80 Å². The molecule has 98 valence electrons. The van der Waals surface area contributed by atoms with E-state index in [4.69, 9.17) is 5.73 Å². The first-order valence-electron chi connectivity index (χ1n) is 6.31. The van der Waals surface area contributed by atoms with Crippen molar-refractivity contribution in [2.45, 2.75) is 19.5 Å². The maximum Gasteiger partial charge on any atom is 0.136 e. The lowest BCUT2D eigenvalue weighted by Crippen LogP contribution is -2.49. The molecule has 0 amide bonds. The standard InChI is InChI=1S/C13H20N4O/c1-11(10-18)17-6-4-16(5-7-17)9-12-2-3-13(14)15-8-12/h2-3,8,10-11H,4-7,9H2,1H3,(H2,14,15). The molecule has 0 aromatic carbocycles. The Morgan fingerprint density at radius 3 is 2.67 bits per heavy atom. The second-order valence-electron chi connectivity index (χ2n) is 4.78. The van der Waals surface area contributed by atoms with Gasteiger partial charge in [0.05, 0.1) is 6.04 Å². The van der Waals surface area contributed by atoms with Crippen LogP contribution in [-0.4, -0.2) is 53.3 Å². The van der Waals surface area contributed by atoms with Gasteiger partial charge in [-0.1, -0.05) is 6.07 Å². The van der Waals surface area contributed by atoms with E-state index in [1.165, 1.54) is 5.56 Å². The normalized spacial score (nSPS) is 19.6.